The van der Waals surface area contributed by atoms with E-state index in [4.69, 9.17) is 4.74 Å². The maximum Gasteiger partial charge on any atom is 0.343 e. The van der Waals surface area contributed by atoms with Gasteiger partial charge in [-0.15, -0.1) is 0 Å². The quantitative estimate of drug-likeness (QED) is 0.120. The third-order valence-electron chi connectivity index (χ3n) is 6.91. The zero-order chi connectivity index (χ0) is 26.3. The Morgan fingerprint density at radius 1 is 0.676 bits per heavy atom. The van der Waals surface area contributed by atoms with Crippen molar-refractivity contribution in [2.24, 2.45) is 0 Å². The number of benzene rings is 3. The van der Waals surface area contributed by atoms with Gasteiger partial charge in [-0.3, -0.25) is 0 Å². The molecule has 37 heavy (non-hydrogen) atoms. The number of carbonyl (C=O) groups is 1. The lowest BCUT2D eigenvalue weighted by atomic mass is 10.00. The first-order chi connectivity index (χ1) is 18.1. The highest BCUT2D eigenvalue weighted by Crippen LogP contribution is 2.24. The van der Waals surface area contributed by atoms with Crippen LogP contribution in [0.5, 0.6) is 5.75 Å². The molecule has 0 radical (unpaired) electrons. The van der Waals surface area contributed by atoms with Crippen LogP contribution in [0.4, 0.5) is 0 Å². The molecule has 0 heterocycles. The van der Waals surface area contributed by atoms with Crippen molar-refractivity contribution >= 4 is 5.97 Å². The van der Waals surface area contributed by atoms with Crippen molar-refractivity contribution in [2.45, 2.75) is 90.9 Å². The predicted octanol–water partition coefficient (Wildman–Crippen LogP) is 9.47. The topological polar surface area (TPSA) is 50.1 Å². The molecule has 194 valence electrons. The molecule has 0 aliphatic heterocycles. The molecule has 0 amide bonds. The van der Waals surface area contributed by atoms with Gasteiger partial charge in [0.05, 0.1) is 11.1 Å². The van der Waals surface area contributed by atoms with E-state index < -0.39 is 5.97 Å². The summed E-state index contributed by atoms with van der Waals surface area (Å²) in [6.45, 7) is 4.45. The summed E-state index contributed by atoms with van der Waals surface area (Å²) in [6.07, 6.45) is 14.6. The van der Waals surface area contributed by atoms with Crippen molar-refractivity contribution in [3.63, 3.8) is 0 Å². The lowest BCUT2D eigenvalue weighted by molar-refractivity contribution is 0.0734. The molecule has 0 atom stereocenters. The Morgan fingerprint density at radius 2 is 1.19 bits per heavy atom. The number of nitrogens with zero attached hydrogens (tertiary/aromatic N) is 1. The minimum atomic E-state index is -0.450. The van der Waals surface area contributed by atoms with Crippen LogP contribution in [-0.4, -0.2) is 5.97 Å². The summed E-state index contributed by atoms with van der Waals surface area (Å²) in [4.78, 5) is 12.8. The molecule has 0 aliphatic carbocycles. The summed E-state index contributed by atoms with van der Waals surface area (Å²) >= 11 is 0. The third-order valence-corrected chi connectivity index (χ3v) is 6.91. The average molecular weight is 496 g/mol. The lowest BCUT2D eigenvalue weighted by Crippen LogP contribution is -2.09. The smallest absolute Gasteiger partial charge is 0.343 e. The van der Waals surface area contributed by atoms with Gasteiger partial charge in [-0.05, 0) is 72.2 Å². The molecule has 0 spiro atoms. The second-order valence-corrected chi connectivity index (χ2v) is 9.93. The SMILES string of the molecule is CCCCCCCc1ccc(-c2ccc(C(=O)Oc3ccc(CCCCCCC)cc3C#N)cc2)cc1. The highest BCUT2D eigenvalue weighted by Gasteiger charge is 2.13. The predicted molar refractivity (Wildman–Crippen MR) is 153 cm³/mol. The number of nitriles is 1. The van der Waals surface area contributed by atoms with Crippen LogP contribution in [0.2, 0.25) is 0 Å². The van der Waals surface area contributed by atoms with Crippen LogP contribution >= 0.6 is 0 Å². The molecule has 0 saturated carbocycles. The van der Waals surface area contributed by atoms with E-state index in [-0.39, 0.29) is 0 Å². The molecule has 3 aromatic rings. The van der Waals surface area contributed by atoms with Crippen LogP contribution in [0.25, 0.3) is 11.1 Å². The fourth-order valence-corrected chi connectivity index (χ4v) is 4.60. The van der Waals surface area contributed by atoms with E-state index in [1.165, 1.54) is 63.4 Å². The molecule has 0 unspecified atom stereocenters. The minimum absolute atomic E-state index is 0.316. The van der Waals surface area contributed by atoms with Crippen LogP contribution in [0.1, 0.15) is 105 Å². The van der Waals surface area contributed by atoms with Crippen molar-refractivity contribution in [3.8, 4) is 22.9 Å². The molecule has 3 aromatic carbocycles. The van der Waals surface area contributed by atoms with Crippen LogP contribution in [0.3, 0.4) is 0 Å². The van der Waals surface area contributed by atoms with Gasteiger partial charge in [0, 0.05) is 0 Å². The number of ether oxygens (including phenoxy) is 1. The van der Waals surface area contributed by atoms with Gasteiger partial charge in [-0.1, -0.05) is 108 Å². The molecule has 0 N–H and O–H groups in total. The normalized spacial score (nSPS) is 10.7. The number of esters is 1. The first kappa shape index (κ1) is 28.2. The van der Waals surface area contributed by atoms with Gasteiger partial charge < -0.3 is 4.74 Å². The summed E-state index contributed by atoms with van der Waals surface area (Å²) in [7, 11) is 0. The largest absolute Gasteiger partial charge is 0.422 e. The number of carbonyl (C=O) groups excluding carboxylic acids is 1. The Balaban J connectivity index is 1.55. The van der Waals surface area contributed by atoms with Crippen LogP contribution in [0.15, 0.2) is 66.7 Å². The van der Waals surface area contributed by atoms with Gasteiger partial charge >= 0.3 is 5.97 Å². The third kappa shape index (κ3) is 9.21. The number of hydrogen-bond donors (Lipinski definition) is 0. The molecule has 0 aromatic heterocycles. The molecule has 3 rings (SSSR count). The van der Waals surface area contributed by atoms with Crippen LogP contribution in [0, 0.1) is 11.3 Å². The monoisotopic (exact) mass is 495 g/mol. The summed E-state index contributed by atoms with van der Waals surface area (Å²) in [6, 6.07) is 23.9. The molecule has 3 heteroatoms. The fraction of sp³-hybridized carbons (Fsp3) is 0.412. The van der Waals surface area contributed by atoms with Crippen molar-refractivity contribution < 1.29 is 9.53 Å². The first-order valence-electron chi connectivity index (χ1n) is 14.1. The van der Waals surface area contributed by atoms with Crippen molar-refractivity contribution in [1.29, 1.82) is 5.26 Å². The van der Waals surface area contributed by atoms with Gasteiger partial charge in [0.15, 0.2) is 0 Å². The van der Waals surface area contributed by atoms with Gasteiger partial charge in [0.1, 0.15) is 11.8 Å². The Hall–Kier alpha value is -3.38. The van der Waals surface area contributed by atoms with Crippen molar-refractivity contribution in [2.75, 3.05) is 0 Å². The molecule has 0 bridgehead atoms. The Labute approximate surface area is 223 Å². The number of unbranched alkanes of at least 4 members (excludes halogenated alkanes) is 8. The standard InChI is InChI=1S/C34H41NO2/c1-3-5-7-9-11-13-27-15-18-29(19-16-27)30-20-22-31(23-21-30)34(36)37-33-24-17-28(25-32(33)26-35)14-12-10-8-6-4-2/h15-25H,3-14H2,1-2H3. The Bertz CT molecular complexity index is 1140. The number of hydrogen-bond acceptors (Lipinski definition) is 3. The molecular formula is C34H41NO2. The van der Waals surface area contributed by atoms with E-state index in [9.17, 15) is 10.1 Å². The van der Waals surface area contributed by atoms with Gasteiger partial charge in [0.2, 0.25) is 0 Å². The molecular weight excluding hydrogens is 454 g/mol. The number of rotatable bonds is 15. The van der Waals surface area contributed by atoms with Gasteiger partial charge in [0.25, 0.3) is 0 Å². The Morgan fingerprint density at radius 3 is 1.76 bits per heavy atom. The van der Waals surface area contributed by atoms with Crippen LogP contribution < -0.4 is 4.74 Å². The first-order valence-corrected chi connectivity index (χ1v) is 14.1. The zero-order valence-electron chi connectivity index (χ0n) is 22.6. The fourth-order valence-electron chi connectivity index (χ4n) is 4.60. The Kier molecular flexibility index (Phi) is 11.9. The van der Waals surface area contributed by atoms with Crippen molar-refractivity contribution in [1.82, 2.24) is 0 Å². The summed E-state index contributed by atoms with van der Waals surface area (Å²) in [5.41, 5.74) is 5.55. The lowest BCUT2D eigenvalue weighted by Gasteiger charge is -2.09. The van der Waals surface area contributed by atoms with Gasteiger partial charge in [-0.25, -0.2) is 4.79 Å². The minimum Gasteiger partial charge on any atom is -0.422 e. The van der Waals surface area contributed by atoms with E-state index in [1.54, 1.807) is 18.2 Å². The maximum absolute atomic E-state index is 12.8. The zero-order valence-corrected chi connectivity index (χ0v) is 22.6. The van der Waals surface area contributed by atoms with E-state index in [0.717, 1.165) is 36.0 Å². The number of aryl methyl sites for hydroxylation is 2. The molecule has 3 nitrogen and oxygen atoms in total. The second kappa shape index (κ2) is 15.7. The highest BCUT2D eigenvalue weighted by molar-refractivity contribution is 5.92. The molecule has 0 aliphatic rings. The van der Waals surface area contributed by atoms with E-state index >= 15 is 0 Å². The second-order valence-electron chi connectivity index (χ2n) is 9.93. The van der Waals surface area contributed by atoms with E-state index in [0.29, 0.717) is 16.9 Å². The highest BCUT2D eigenvalue weighted by atomic mass is 16.5. The van der Waals surface area contributed by atoms with E-state index in [2.05, 4.69) is 44.2 Å². The summed E-state index contributed by atoms with van der Waals surface area (Å²) in [5, 5.41) is 9.59. The summed E-state index contributed by atoms with van der Waals surface area (Å²) in [5.74, 6) is -0.134. The average Bonchev–Trinajstić information content (AvgIpc) is 2.94. The molecule has 0 saturated heterocycles. The summed E-state index contributed by atoms with van der Waals surface area (Å²) < 4.78 is 5.60. The van der Waals surface area contributed by atoms with E-state index in [1.807, 2.05) is 24.3 Å². The van der Waals surface area contributed by atoms with Crippen molar-refractivity contribution in [3.05, 3.63) is 89.0 Å². The molecule has 0 fully saturated rings. The maximum atomic E-state index is 12.8. The van der Waals surface area contributed by atoms with Gasteiger partial charge in [-0.2, -0.15) is 5.26 Å². The van der Waals surface area contributed by atoms with Crippen LogP contribution in [-0.2, 0) is 12.8 Å².